The van der Waals surface area contributed by atoms with Gasteiger partial charge in [0.25, 0.3) is 0 Å². The van der Waals surface area contributed by atoms with Gasteiger partial charge in [-0.25, -0.2) is 0 Å². The maximum absolute atomic E-state index is 12.4. The highest BCUT2D eigenvalue weighted by Crippen LogP contribution is 2.38. The number of aliphatic hydroxyl groups is 1. The number of benzene rings is 2. The van der Waals surface area contributed by atoms with E-state index in [1.54, 1.807) is 11.0 Å². The fraction of sp³-hybridized carbons (Fsp3) is 0.348. The SMILES string of the molecule is O=C(NCC(O)c1ccc2c(c1)CCO2)C(=O)Nc1cc2c3c(c1)CCN3C(=O)CC2. The maximum Gasteiger partial charge on any atom is 0.313 e. The van der Waals surface area contributed by atoms with Gasteiger partial charge in [0, 0.05) is 31.6 Å². The highest BCUT2D eigenvalue weighted by Gasteiger charge is 2.31. The molecule has 160 valence electrons. The third-order valence-electron chi connectivity index (χ3n) is 6.07. The summed E-state index contributed by atoms with van der Waals surface area (Å²) in [5.41, 5.74) is 5.23. The summed E-state index contributed by atoms with van der Waals surface area (Å²) in [6.07, 6.45) is 1.69. The van der Waals surface area contributed by atoms with E-state index in [0.717, 1.165) is 41.0 Å². The number of nitrogens with one attached hydrogen (secondary N) is 2. The molecular weight excluding hydrogens is 398 g/mol. The molecule has 0 bridgehead atoms. The number of nitrogens with zero attached hydrogens (tertiary/aromatic N) is 1. The van der Waals surface area contributed by atoms with Crippen molar-refractivity contribution < 1.29 is 24.2 Å². The first-order chi connectivity index (χ1) is 15.0. The molecule has 3 aliphatic heterocycles. The van der Waals surface area contributed by atoms with Crippen LogP contribution in [0.1, 0.15) is 34.8 Å². The van der Waals surface area contributed by atoms with Gasteiger partial charge in [-0.15, -0.1) is 0 Å². The van der Waals surface area contributed by atoms with E-state index in [1.165, 1.54) is 0 Å². The van der Waals surface area contributed by atoms with Crippen LogP contribution in [-0.4, -0.2) is 42.5 Å². The highest BCUT2D eigenvalue weighted by atomic mass is 16.5. The van der Waals surface area contributed by atoms with Crippen molar-refractivity contribution in [3.05, 3.63) is 52.6 Å². The summed E-state index contributed by atoms with van der Waals surface area (Å²) in [4.78, 5) is 38.5. The summed E-state index contributed by atoms with van der Waals surface area (Å²) in [5, 5.41) is 15.5. The molecule has 0 saturated heterocycles. The van der Waals surface area contributed by atoms with Gasteiger partial charge >= 0.3 is 11.8 Å². The van der Waals surface area contributed by atoms with Crippen molar-refractivity contribution >= 4 is 29.1 Å². The number of carbonyl (C=O) groups is 3. The average molecular weight is 421 g/mol. The van der Waals surface area contributed by atoms with Crippen LogP contribution in [0.2, 0.25) is 0 Å². The Bertz CT molecular complexity index is 1100. The second-order valence-corrected chi connectivity index (χ2v) is 8.08. The van der Waals surface area contributed by atoms with Crippen LogP contribution in [0.4, 0.5) is 11.4 Å². The Balaban J connectivity index is 1.20. The Morgan fingerprint density at radius 2 is 1.84 bits per heavy atom. The second kappa shape index (κ2) is 7.70. The monoisotopic (exact) mass is 421 g/mol. The average Bonchev–Trinajstić information content (AvgIpc) is 3.41. The summed E-state index contributed by atoms with van der Waals surface area (Å²) in [5.74, 6) is -0.643. The van der Waals surface area contributed by atoms with Crippen molar-refractivity contribution in [3.8, 4) is 5.75 Å². The van der Waals surface area contributed by atoms with E-state index in [2.05, 4.69) is 10.6 Å². The van der Waals surface area contributed by atoms with E-state index in [0.29, 0.717) is 37.2 Å². The third kappa shape index (κ3) is 3.63. The lowest BCUT2D eigenvalue weighted by molar-refractivity contribution is -0.136. The normalized spacial score (nSPS) is 16.9. The Hall–Kier alpha value is -3.39. The molecule has 3 N–H and O–H groups in total. The molecule has 0 spiro atoms. The smallest absolute Gasteiger partial charge is 0.313 e. The molecule has 8 nitrogen and oxygen atoms in total. The number of aliphatic hydroxyl groups excluding tert-OH is 1. The van der Waals surface area contributed by atoms with Gasteiger partial charge in [-0.05, 0) is 59.4 Å². The second-order valence-electron chi connectivity index (χ2n) is 8.08. The number of ether oxygens (including phenoxy) is 1. The van der Waals surface area contributed by atoms with Gasteiger partial charge in [-0.1, -0.05) is 6.07 Å². The number of fused-ring (bicyclic) bond motifs is 1. The van der Waals surface area contributed by atoms with Crippen LogP contribution in [0.15, 0.2) is 30.3 Å². The summed E-state index contributed by atoms with van der Waals surface area (Å²) in [6, 6.07) is 9.08. The van der Waals surface area contributed by atoms with Gasteiger partial charge in [0.2, 0.25) is 5.91 Å². The van der Waals surface area contributed by atoms with Gasteiger partial charge in [-0.2, -0.15) is 0 Å². The summed E-state index contributed by atoms with van der Waals surface area (Å²) in [6.45, 7) is 1.22. The van der Waals surface area contributed by atoms with Crippen molar-refractivity contribution in [3.63, 3.8) is 0 Å². The van der Waals surface area contributed by atoms with Crippen LogP contribution in [0.25, 0.3) is 0 Å². The summed E-state index contributed by atoms with van der Waals surface area (Å²) >= 11 is 0. The van der Waals surface area contributed by atoms with Crippen molar-refractivity contribution in [1.82, 2.24) is 5.32 Å². The predicted molar refractivity (Wildman–Crippen MR) is 113 cm³/mol. The minimum atomic E-state index is -0.921. The van der Waals surface area contributed by atoms with Crippen molar-refractivity contribution in [2.45, 2.75) is 31.8 Å². The summed E-state index contributed by atoms with van der Waals surface area (Å²) in [7, 11) is 0. The molecule has 1 atom stereocenters. The van der Waals surface area contributed by atoms with E-state index >= 15 is 0 Å². The molecule has 0 saturated carbocycles. The largest absolute Gasteiger partial charge is 0.493 e. The zero-order chi connectivity index (χ0) is 21.5. The van der Waals surface area contributed by atoms with E-state index in [9.17, 15) is 19.5 Å². The molecule has 2 aromatic rings. The first-order valence-electron chi connectivity index (χ1n) is 10.5. The van der Waals surface area contributed by atoms with Gasteiger partial charge in [-0.3, -0.25) is 14.4 Å². The van der Waals surface area contributed by atoms with Crippen LogP contribution in [0.5, 0.6) is 5.75 Å². The van der Waals surface area contributed by atoms with E-state index in [1.807, 2.05) is 24.3 Å². The zero-order valence-corrected chi connectivity index (χ0v) is 16.9. The third-order valence-corrected chi connectivity index (χ3v) is 6.07. The first kappa shape index (κ1) is 19.6. The molecule has 3 amide bonds. The fourth-order valence-corrected chi connectivity index (χ4v) is 4.52. The van der Waals surface area contributed by atoms with Gasteiger partial charge in [0.15, 0.2) is 0 Å². The van der Waals surface area contributed by atoms with Crippen LogP contribution in [-0.2, 0) is 33.6 Å². The molecule has 0 radical (unpaired) electrons. The lowest BCUT2D eigenvalue weighted by Crippen LogP contribution is -2.37. The Labute approximate surface area is 179 Å². The lowest BCUT2D eigenvalue weighted by atomic mass is 9.98. The minimum absolute atomic E-state index is 0.0710. The Kier molecular flexibility index (Phi) is 4.86. The molecule has 31 heavy (non-hydrogen) atoms. The number of rotatable bonds is 4. The van der Waals surface area contributed by atoms with Crippen LogP contribution in [0, 0.1) is 0 Å². The topological polar surface area (TPSA) is 108 Å². The number of carbonyl (C=O) groups excluding carboxylic acids is 3. The molecule has 3 heterocycles. The standard InChI is InChI=1S/C23H23N3O5/c27-18(13-1-3-19-14(9-13)6-8-31-19)12-24-22(29)23(30)25-17-10-15-2-4-20(28)26-7-5-16(11-17)21(15)26/h1,3,9-11,18,27H,2,4-8,12H2,(H,24,29)(H,25,30). The molecule has 0 aromatic heterocycles. The predicted octanol–water partition coefficient (Wildman–Crippen LogP) is 1.25. The van der Waals surface area contributed by atoms with Crippen LogP contribution in [0.3, 0.4) is 0 Å². The van der Waals surface area contributed by atoms with E-state index in [-0.39, 0.29) is 12.5 Å². The molecule has 3 aliphatic rings. The zero-order valence-electron chi connectivity index (χ0n) is 16.9. The number of hydrogen-bond donors (Lipinski definition) is 3. The number of amides is 3. The number of anilines is 2. The van der Waals surface area contributed by atoms with Gasteiger partial charge in [0.1, 0.15) is 5.75 Å². The molecule has 0 aliphatic carbocycles. The van der Waals surface area contributed by atoms with Crippen molar-refractivity contribution in [2.75, 3.05) is 29.9 Å². The van der Waals surface area contributed by atoms with Crippen molar-refractivity contribution in [2.24, 2.45) is 0 Å². The molecule has 0 fully saturated rings. The minimum Gasteiger partial charge on any atom is -0.493 e. The Morgan fingerprint density at radius 1 is 1.03 bits per heavy atom. The molecule has 1 unspecified atom stereocenters. The highest BCUT2D eigenvalue weighted by molar-refractivity contribution is 6.39. The van der Waals surface area contributed by atoms with Gasteiger partial charge < -0.3 is 25.4 Å². The summed E-state index contributed by atoms with van der Waals surface area (Å²) < 4.78 is 5.45. The molecular formula is C23H23N3O5. The van der Waals surface area contributed by atoms with E-state index < -0.39 is 17.9 Å². The first-order valence-corrected chi connectivity index (χ1v) is 10.5. The van der Waals surface area contributed by atoms with Crippen LogP contribution < -0.4 is 20.3 Å². The fourth-order valence-electron chi connectivity index (χ4n) is 4.52. The van der Waals surface area contributed by atoms with Crippen LogP contribution >= 0.6 is 0 Å². The lowest BCUT2D eigenvalue weighted by Gasteiger charge is -2.25. The molecule has 5 rings (SSSR count). The van der Waals surface area contributed by atoms with Gasteiger partial charge in [0.05, 0.1) is 18.4 Å². The molecule has 8 heteroatoms. The number of hydrogen-bond acceptors (Lipinski definition) is 5. The van der Waals surface area contributed by atoms with E-state index in [4.69, 9.17) is 4.74 Å². The Morgan fingerprint density at radius 3 is 2.68 bits per heavy atom. The quantitative estimate of drug-likeness (QED) is 0.644. The molecule has 2 aromatic carbocycles. The maximum atomic E-state index is 12.4. The van der Waals surface area contributed by atoms with Crippen molar-refractivity contribution in [1.29, 1.82) is 0 Å². The number of aryl methyl sites for hydroxylation is 1.